The molecule has 25 heavy (non-hydrogen) atoms. The van der Waals surface area contributed by atoms with Crippen LogP contribution in [-0.4, -0.2) is 31.4 Å². The number of amides is 1. The van der Waals surface area contributed by atoms with E-state index in [4.69, 9.17) is 9.47 Å². The zero-order valence-corrected chi connectivity index (χ0v) is 14.5. The van der Waals surface area contributed by atoms with Crippen molar-refractivity contribution < 1.29 is 19.1 Å². The predicted molar refractivity (Wildman–Crippen MR) is 92.7 cm³/mol. The molecule has 1 amide bonds. The van der Waals surface area contributed by atoms with Gasteiger partial charge in [0, 0.05) is 24.3 Å². The van der Waals surface area contributed by atoms with Crippen LogP contribution in [0.4, 0.5) is 0 Å². The Hall–Kier alpha value is -2.04. The first-order chi connectivity index (χ1) is 12.2. The van der Waals surface area contributed by atoms with Crippen LogP contribution in [0.1, 0.15) is 37.7 Å². The molecule has 2 aliphatic carbocycles. The largest absolute Gasteiger partial charge is 0.486 e. The minimum absolute atomic E-state index is 0.00765. The number of ketones is 1. The van der Waals surface area contributed by atoms with Gasteiger partial charge in [-0.25, -0.2) is 0 Å². The summed E-state index contributed by atoms with van der Waals surface area (Å²) in [6.45, 7) is 1.78. The Kier molecular flexibility index (Phi) is 4.64. The third kappa shape index (κ3) is 3.51. The van der Waals surface area contributed by atoms with Crippen LogP contribution >= 0.6 is 0 Å². The lowest BCUT2D eigenvalue weighted by atomic mass is 9.67. The molecule has 5 heteroatoms. The van der Waals surface area contributed by atoms with E-state index in [1.807, 2.05) is 18.2 Å². The monoisotopic (exact) mass is 343 g/mol. The average molecular weight is 343 g/mol. The number of Topliss-reactive ketones (excluding diaryl/α,β-unsaturated/α-hetero) is 1. The van der Waals surface area contributed by atoms with Crippen LogP contribution in [0.5, 0.6) is 11.5 Å². The minimum Gasteiger partial charge on any atom is -0.486 e. The standard InChI is InChI=1S/C20H25NO4/c22-19-14-2-1-3-15(19)12-16(11-14)20(23)21-7-6-13-4-5-17-18(10-13)25-9-8-24-17/h4-5,10,14-16H,1-3,6-9,11-12H2,(H,21,23). The smallest absolute Gasteiger partial charge is 0.223 e. The molecule has 2 bridgehead atoms. The van der Waals surface area contributed by atoms with Gasteiger partial charge < -0.3 is 14.8 Å². The Bertz CT molecular complexity index is 656. The van der Waals surface area contributed by atoms with E-state index in [9.17, 15) is 9.59 Å². The van der Waals surface area contributed by atoms with Gasteiger partial charge in [0.15, 0.2) is 11.5 Å². The molecule has 1 aromatic carbocycles. The topological polar surface area (TPSA) is 64.6 Å². The highest BCUT2D eigenvalue weighted by atomic mass is 16.6. The van der Waals surface area contributed by atoms with E-state index in [1.54, 1.807) is 0 Å². The Balaban J connectivity index is 1.28. The molecule has 3 aliphatic rings. The lowest BCUT2D eigenvalue weighted by Gasteiger charge is -2.36. The quantitative estimate of drug-likeness (QED) is 0.912. The summed E-state index contributed by atoms with van der Waals surface area (Å²) in [5, 5.41) is 3.06. The van der Waals surface area contributed by atoms with Crippen molar-refractivity contribution >= 4 is 11.7 Å². The molecule has 0 radical (unpaired) electrons. The molecule has 1 aliphatic heterocycles. The first-order valence-electron chi connectivity index (χ1n) is 9.40. The third-order valence-corrected chi connectivity index (χ3v) is 5.74. The molecule has 2 fully saturated rings. The number of benzene rings is 1. The lowest BCUT2D eigenvalue weighted by Crippen LogP contribution is -2.42. The Morgan fingerprint density at radius 2 is 1.80 bits per heavy atom. The molecule has 0 saturated heterocycles. The van der Waals surface area contributed by atoms with E-state index in [0.717, 1.165) is 55.6 Å². The molecular formula is C20H25NO4. The maximum atomic E-state index is 12.5. The Morgan fingerprint density at radius 3 is 2.56 bits per heavy atom. The average Bonchev–Trinajstić information content (AvgIpc) is 2.61. The van der Waals surface area contributed by atoms with Crippen molar-refractivity contribution in [2.24, 2.45) is 17.8 Å². The predicted octanol–water partition coefficient (Wildman–Crippen LogP) is 2.51. The molecule has 1 aromatic rings. The van der Waals surface area contributed by atoms with Gasteiger partial charge in [0.1, 0.15) is 19.0 Å². The van der Waals surface area contributed by atoms with Crippen LogP contribution in [0, 0.1) is 17.8 Å². The van der Waals surface area contributed by atoms with Crippen molar-refractivity contribution in [3.63, 3.8) is 0 Å². The highest BCUT2D eigenvalue weighted by Crippen LogP contribution is 2.40. The van der Waals surface area contributed by atoms with E-state index >= 15 is 0 Å². The lowest BCUT2D eigenvalue weighted by molar-refractivity contribution is -0.137. The zero-order chi connectivity index (χ0) is 17.2. The van der Waals surface area contributed by atoms with Gasteiger partial charge in [-0.15, -0.1) is 0 Å². The molecule has 0 aromatic heterocycles. The molecule has 5 nitrogen and oxygen atoms in total. The number of hydrogen-bond donors (Lipinski definition) is 1. The van der Waals surface area contributed by atoms with E-state index in [0.29, 0.717) is 25.5 Å². The molecule has 4 rings (SSSR count). The zero-order valence-electron chi connectivity index (χ0n) is 14.5. The number of carbonyl (C=O) groups excluding carboxylic acids is 2. The van der Waals surface area contributed by atoms with Crippen molar-refractivity contribution in [1.29, 1.82) is 0 Å². The number of rotatable bonds is 4. The van der Waals surface area contributed by atoms with Crippen molar-refractivity contribution in [2.75, 3.05) is 19.8 Å². The van der Waals surface area contributed by atoms with Gasteiger partial charge in [0.2, 0.25) is 5.91 Å². The molecule has 1 N–H and O–H groups in total. The van der Waals surface area contributed by atoms with Crippen molar-refractivity contribution in [1.82, 2.24) is 5.32 Å². The van der Waals surface area contributed by atoms with Gasteiger partial charge in [0.05, 0.1) is 0 Å². The third-order valence-electron chi connectivity index (χ3n) is 5.74. The van der Waals surface area contributed by atoms with Gasteiger partial charge in [-0.2, -0.15) is 0 Å². The van der Waals surface area contributed by atoms with Crippen LogP contribution in [0.15, 0.2) is 18.2 Å². The second kappa shape index (κ2) is 7.06. The summed E-state index contributed by atoms with van der Waals surface area (Å²) in [5.41, 5.74) is 1.13. The summed E-state index contributed by atoms with van der Waals surface area (Å²) in [6.07, 6.45) is 5.32. The summed E-state index contributed by atoms with van der Waals surface area (Å²) in [4.78, 5) is 24.6. The van der Waals surface area contributed by atoms with Crippen molar-refractivity contribution in [3.8, 4) is 11.5 Å². The fourth-order valence-electron chi connectivity index (χ4n) is 4.41. The van der Waals surface area contributed by atoms with Crippen LogP contribution in [0.25, 0.3) is 0 Å². The SMILES string of the molecule is O=C(NCCc1ccc2c(c1)OCCO2)C1CC2CCCC(C1)C2=O. The van der Waals surface area contributed by atoms with Gasteiger partial charge in [-0.1, -0.05) is 12.5 Å². The van der Waals surface area contributed by atoms with Crippen LogP contribution in [0.3, 0.4) is 0 Å². The van der Waals surface area contributed by atoms with Gasteiger partial charge >= 0.3 is 0 Å². The van der Waals surface area contributed by atoms with Gasteiger partial charge in [-0.05, 0) is 49.8 Å². The fraction of sp³-hybridized carbons (Fsp3) is 0.600. The summed E-state index contributed by atoms with van der Waals surface area (Å²) < 4.78 is 11.1. The molecule has 2 unspecified atom stereocenters. The molecule has 134 valence electrons. The van der Waals surface area contributed by atoms with Crippen LogP contribution in [-0.2, 0) is 16.0 Å². The highest BCUT2D eigenvalue weighted by molar-refractivity contribution is 5.88. The summed E-state index contributed by atoms with van der Waals surface area (Å²) >= 11 is 0. The summed E-state index contributed by atoms with van der Waals surface area (Å²) in [6, 6.07) is 5.94. The number of fused-ring (bicyclic) bond motifs is 3. The maximum Gasteiger partial charge on any atom is 0.223 e. The van der Waals surface area contributed by atoms with E-state index in [2.05, 4.69) is 5.32 Å². The molecular weight excluding hydrogens is 318 g/mol. The van der Waals surface area contributed by atoms with E-state index < -0.39 is 0 Å². The van der Waals surface area contributed by atoms with E-state index in [-0.39, 0.29) is 23.7 Å². The molecule has 2 saturated carbocycles. The first kappa shape index (κ1) is 16.4. The highest BCUT2D eigenvalue weighted by Gasteiger charge is 2.41. The number of hydrogen-bond acceptors (Lipinski definition) is 4. The fourth-order valence-corrected chi connectivity index (χ4v) is 4.41. The van der Waals surface area contributed by atoms with Crippen LogP contribution < -0.4 is 14.8 Å². The second-order valence-corrected chi connectivity index (χ2v) is 7.41. The maximum absolute atomic E-state index is 12.5. The molecule has 0 spiro atoms. The summed E-state index contributed by atoms with van der Waals surface area (Å²) in [7, 11) is 0. The Labute approximate surface area is 148 Å². The second-order valence-electron chi connectivity index (χ2n) is 7.41. The van der Waals surface area contributed by atoms with E-state index in [1.165, 1.54) is 0 Å². The number of carbonyl (C=O) groups is 2. The summed E-state index contributed by atoms with van der Waals surface area (Å²) in [5.74, 6) is 2.36. The first-order valence-corrected chi connectivity index (χ1v) is 9.40. The number of nitrogens with one attached hydrogen (secondary N) is 1. The molecule has 2 atom stereocenters. The van der Waals surface area contributed by atoms with Gasteiger partial charge in [0.25, 0.3) is 0 Å². The minimum atomic E-state index is 0.00765. The number of ether oxygens (including phenoxy) is 2. The molecule has 1 heterocycles. The Morgan fingerprint density at radius 1 is 1.08 bits per heavy atom. The van der Waals surface area contributed by atoms with Crippen LogP contribution in [0.2, 0.25) is 0 Å². The van der Waals surface area contributed by atoms with Crippen molar-refractivity contribution in [3.05, 3.63) is 23.8 Å². The van der Waals surface area contributed by atoms with Gasteiger partial charge in [-0.3, -0.25) is 9.59 Å². The van der Waals surface area contributed by atoms with Crippen molar-refractivity contribution in [2.45, 2.75) is 38.5 Å². The normalized spacial score (nSPS) is 27.7.